The third-order valence-corrected chi connectivity index (χ3v) is 0. The Morgan fingerprint density at radius 3 is 0.750 bits per heavy atom. The number of hydrogen-bond donors (Lipinski definition) is 6. The fourth-order valence-electron chi connectivity index (χ4n) is 0. The third kappa shape index (κ3) is 407. The molecule has 0 aromatic rings. The fourth-order valence-corrected chi connectivity index (χ4v) is 0. The van der Waals surface area contributed by atoms with Crippen LogP contribution in [-0.2, 0) is 12.8 Å². The molecule has 0 bridgehead atoms. The normalized spacial score (nSPS) is 27.1. The van der Waals surface area contributed by atoms with Gasteiger partial charge >= 0.3 is 47.9 Å². The quantitative estimate of drug-likeness (QED) is 0.281. The van der Waals surface area contributed by atoms with Gasteiger partial charge in [-0.1, -0.05) is 0 Å². The van der Waals surface area contributed by atoms with Gasteiger partial charge in [-0.3, -0.25) is 0 Å². The molecule has 0 aromatic carbocycles. The van der Waals surface area contributed by atoms with Gasteiger partial charge in [0.2, 0.25) is 0 Å². The van der Waals surface area contributed by atoms with Crippen LogP contribution >= 0.6 is 9.42 Å². The van der Waals surface area contributed by atoms with Crippen LogP contribution in [-0.4, -0.2) is 0 Å². The molecule has 6 nitrogen and oxygen atoms in total. The molecule has 0 atom stereocenters. The molecule has 8 heavy (non-hydrogen) atoms. The first-order valence-electron chi connectivity index (χ1n) is 1.21. The molecule has 0 saturated heterocycles. The van der Waals surface area contributed by atoms with Gasteiger partial charge in [0, 0.05) is 0 Å². The zero-order valence-corrected chi connectivity index (χ0v) is 7.19. The van der Waals surface area contributed by atoms with Crippen molar-refractivity contribution in [1.29, 1.82) is 0 Å². The van der Waals surface area contributed by atoms with Gasteiger partial charge < -0.3 is 0 Å². The summed E-state index contributed by atoms with van der Waals surface area (Å²) in [4.78, 5) is 0. The van der Waals surface area contributed by atoms with E-state index in [0.717, 1.165) is 0 Å². The molecule has 0 spiro atoms. The number of hydrogen-bond acceptors (Lipinski definition) is 6. The Kier molecular flexibility index (Phi) is 0.812. The van der Waals surface area contributed by atoms with Crippen LogP contribution in [0.5, 0.6) is 0 Å². The van der Waals surface area contributed by atoms with E-state index in [1.54, 1.807) is 0 Å². The van der Waals surface area contributed by atoms with Crippen molar-refractivity contribution < 1.29 is 12.8 Å². The Balaban J connectivity index is 5.14. The van der Waals surface area contributed by atoms with E-state index in [1.165, 1.54) is 0 Å². The molecule has 0 aliphatic rings. The summed E-state index contributed by atoms with van der Waals surface area (Å²) in [5.41, 5.74) is 0. The van der Waals surface area contributed by atoms with Gasteiger partial charge in [0.05, 0.1) is 0 Å². The summed E-state index contributed by atoms with van der Waals surface area (Å²) in [5.74, 6) is 0. The van der Waals surface area contributed by atoms with Gasteiger partial charge in [-0.2, -0.15) is 0 Å². The van der Waals surface area contributed by atoms with E-state index in [2.05, 4.69) is 0 Å². The number of rotatable bonds is 0. The molecule has 0 radical (unpaired) electrons. The monoisotopic (exact) mass is 326 g/mol. The van der Waals surface area contributed by atoms with Gasteiger partial charge in [-0.05, 0) is 0 Å². The Labute approximate surface area is 48.3 Å². The van der Waals surface area contributed by atoms with Crippen molar-refractivity contribution in [2.45, 2.75) is 0 Å². The summed E-state index contributed by atoms with van der Waals surface area (Å²) in [6, 6.07) is 0. The summed E-state index contributed by atoms with van der Waals surface area (Å²) in [7, 11) is 5.14. The minimum absolute atomic E-state index is 4.91. The SMILES string of the molecule is [NH2][Pt]([NH2])([NH2])([NH2])([NH2])([NH2])[Cl]. The van der Waals surface area contributed by atoms with Gasteiger partial charge in [0.15, 0.2) is 0 Å². The Hall–Kier alpha value is 0.738. The maximum absolute atomic E-state index is 6.20. The van der Waals surface area contributed by atoms with E-state index in [9.17, 15) is 0 Å². The predicted molar refractivity (Wildman–Crippen MR) is 31.0 cm³/mol. The Morgan fingerprint density at radius 1 is 0.750 bits per heavy atom. The van der Waals surface area contributed by atoms with Crippen LogP contribution < -0.4 is 25.8 Å². The number of halogens is 1. The third-order valence-electron chi connectivity index (χ3n) is 0. The molecule has 8 heteroatoms. The maximum atomic E-state index is 5.14. The van der Waals surface area contributed by atoms with Crippen molar-refractivity contribution in [3.63, 3.8) is 0 Å². The standard InChI is InChI=1S/ClH.6H2N.Pt/h1H;6*1H2;/q;6*-1;+7/p-1. The van der Waals surface area contributed by atoms with Crippen LogP contribution in [0.4, 0.5) is 0 Å². The number of nitrogens with two attached hydrogens (primary N) is 6. The van der Waals surface area contributed by atoms with Gasteiger partial charge in [-0.15, -0.1) is 0 Å². The predicted octanol–water partition coefficient (Wildman–Crippen LogP) is -2.86. The summed E-state index contributed by atoms with van der Waals surface area (Å²) in [6.45, 7) is 0. The van der Waals surface area contributed by atoms with Crippen molar-refractivity contribution in [1.82, 2.24) is 0 Å². The molecular formula is H12ClN6Pt. The molecule has 0 fully saturated rings. The second kappa shape index (κ2) is 0.744. The van der Waals surface area contributed by atoms with Crippen LogP contribution in [0.1, 0.15) is 0 Å². The van der Waals surface area contributed by atoms with Gasteiger partial charge in [-0.25, -0.2) is 0 Å². The van der Waals surface area contributed by atoms with Crippen LogP contribution in [0.25, 0.3) is 0 Å². The molecule has 0 heterocycles. The Bertz CT molecular complexity index is 101. The molecule has 0 aliphatic carbocycles. The molecule has 0 rings (SSSR count). The van der Waals surface area contributed by atoms with Crippen molar-refractivity contribution in [2.75, 3.05) is 0 Å². The molecule has 0 aliphatic heterocycles. The first-order valence-corrected chi connectivity index (χ1v) is 11.9. The Morgan fingerprint density at radius 2 is 0.750 bits per heavy atom. The fraction of sp³-hybridized carbons (Fsp3) is 0. The van der Waals surface area contributed by atoms with Crippen LogP contribution in [0, 0.1) is 0 Å². The summed E-state index contributed by atoms with van der Waals surface area (Å²) >= 11 is -6.20. The second-order valence-corrected chi connectivity index (χ2v) is 23.1. The zero-order chi connectivity index (χ0) is 7.38. The average Bonchev–Trinajstić information content (AvgIpc) is 0.544. The molecule has 0 unspecified atom stereocenters. The van der Waals surface area contributed by atoms with Crippen molar-refractivity contribution in [3.8, 4) is 0 Å². The second-order valence-electron chi connectivity index (χ2n) is 2.00. The van der Waals surface area contributed by atoms with E-state index in [1.807, 2.05) is 0 Å². The van der Waals surface area contributed by atoms with Crippen LogP contribution in [0.15, 0.2) is 0 Å². The first kappa shape index (κ1) is 8.74. The molecule has 0 saturated carbocycles. The van der Waals surface area contributed by atoms with Crippen LogP contribution in [0.2, 0.25) is 0 Å². The van der Waals surface area contributed by atoms with E-state index in [4.69, 9.17) is 35.2 Å². The van der Waals surface area contributed by atoms with E-state index >= 15 is 0 Å². The van der Waals surface area contributed by atoms with E-state index in [0.29, 0.717) is 0 Å². The van der Waals surface area contributed by atoms with Crippen molar-refractivity contribution in [2.24, 2.45) is 25.8 Å². The molecule has 12 N–H and O–H groups in total. The summed E-state index contributed by atoms with van der Waals surface area (Å²) in [6.07, 6.45) is 0. The zero-order valence-electron chi connectivity index (χ0n) is 4.16. The van der Waals surface area contributed by atoms with Crippen molar-refractivity contribution >= 4 is 9.42 Å². The molecule has 0 aromatic heterocycles. The first-order chi connectivity index (χ1) is 2.65. The van der Waals surface area contributed by atoms with Crippen LogP contribution in [0.3, 0.4) is 0 Å². The average molecular weight is 327 g/mol. The van der Waals surface area contributed by atoms with E-state index in [-0.39, 0.29) is 0 Å². The minimum atomic E-state index is -6.20. The molecule has 59 valence electrons. The topological polar surface area (TPSA) is 156 Å². The summed E-state index contributed by atoms with van der Waals surface area (Å²) in [5, 5.41) is 0. The molecule has 0 amide bonds. The van der Waals surface area contributed by atoms with Crippen molar-refractivity contribution in [3.05, 3.63) is 0 Å². The van der Waals surface area contributed by atoms with E-state index < -0.39 is 12.8 Å². The van der Waals surface area contributed by atoms with Gasteiger partial charge in [0.1, 0.15) is 0 Å². The molecular weight excluding hydrogens is 315 g/mol. The van der Waals surface area contributed by atoms with Gasteiger partial charge in [0.25, 0.3) is 0 Å². The summed E-state index contributed by atoms with van der Waals surface area (Å²) < 4.78 is 29.5.